The van der Waals surface area contributed by atoms with Gasteiger partial charge in [-0.2, -0.15) is 0 Å². The highest BCUT2D eigenvalue weighted by Gasteiger charge is 2.02. The number of carbonyl (C=O) groups is 1. The third-order valence-corrected chi connectivity index (χ3v) is 4.96. The summed E-state index contributed by atoms with van der Waals surface area (Å²) in [5.74, 6) is 0.593. The molecule has 4 nitrogen and oxygen atoms in total. The Kier molecular flexibility index (Phi) is 6.63. The van der Waals surface area contributed by atoms with Gasteiger partial charge in [0.15, 0.2) is 0 Å². The molecule has 0 atom stereocenters. The van der Waals surface area contributed by atoms with Gasteiger partial charge in [-0.3, -0.25) is 4.79 Å². The molecular weight excluding hydrogens is 380 g/mol. The fourth-order valence-corrected chi connectivity index (χ4v) is 3.16. The van der Waals surface area contributed by atoms with E-state index in [4.69, 9.17) is 16.3 Å². The van der Waals surface area contributed by atoms with E-state index >= 15 is 0 Å². The third kappa shape index (κ3) is 5.94. The van der Waals surface area contributed by atoms with Gasteiger partial charge in [-0.25, -0.2) is 4.98 Å². The number of ether oxygens (including phenoxy) is 1. The number of hydrogen-bond acceptors (Lipinski definition) is 4. The molecule has 0 unspecified atom stereocenters. The summed E-state index contributed by atoms with van der Waals surface area (Å²) >= 11 is 7.69. The lowest BCUT2D eigenvalue weighted by atomic mass is 10.2. The summed E-state index contributed by atoms with van der Waals surface area (Å²) in [4.78, 5) is 16.3. The number of aromatic nitrogens is 1. The molecule has 3 aromatic rings. The molecule has 0 aliphatic carbocycles. The number of amides is 1. The van der Waals surface area contributed by atoms with Crippen molar-refractivity contribution in [3.05, 3.63) is 86.8 Å². The van der Waals surface area contributed by atoms with Crippen LogP contribution in [0.3, 0.4) is 0 Å². The minimum absolute atomic E-state index is 0.172. The molecule has 0 aliphatic rings. The average Bonchev–Trinajstić information content (AvgIpc) is 3.10. The lowest BCUT2D eigenvalue weighted by Gasteiger charge is -2.05. The largest absolute Gasteiger partial charge is 0.487 e. The van der Waals surface area contributed by atoms with E-state index in [9.17, 15) is 4.79 Å². The van der Waals surface area contributed by atoms with E-state index in [0.717, 1.165) is 27.6 Å². The van der Waals surface area contributed by atoms with E-state index in [1.807, 2.05) is 54.8 Å². The van der Waals surface area contributed by atoms with Gasteiger partial charge in [0.05, 0.1) is 10.7 Å². The van der Waals surface area contributed by atoms with Gasteiger partial charge >= 0.3 is 0 Å². The predicted octanol–water partition coefficient (Wildman–Crippen LogP) is 5.01. The van der Waals surface area contributed by atoms with Crippen molar-refractivity contribution in [3.8, 4) is 5.75 Å². The highest BCUT2D eigenvalue weighted by Crippen LogP contribution is 2.16. The van der Waals surface area contributed by atoms with Crippen molar-refractivity contribution in [2.24, 2.45) is 0 Å². The zero-order valence-corrected chi connectivity index (χ0v) is 16.4. The van der Waals surface area contributed by atoms with Crippen LogP contribution in [0.2, 0.25) is 5.02 Å². The van der Waals surface area contributed by atoms with Gasteiger partial charge in [-0.1, -0.05) is 41.9 Å². The Hall–Kier alpha value is -2.63. The molecule has 2 aromatic carbocycles. The zero-order chi connectivity index (χ0) is 19.1. The molecule has 3 rings (SSSR count). The summed E-state index contributed by atoms with van der Waals surface area (Å²) in [5.41, 5.74) is 2.73. The molecule has 0 aliphatic heterocycles. The number of hydrogen-bond donors (Lipinski definition) is 1. The number of aryl methyl sites for hydroxylation is 1. The number of nitrogens with one attached hydrogen (secondary N) is 1. The molecule has 1 heterocycles. The average molecular weight is 399 g/mol. The Bertz CT molecular complexity index is 935. The number of rotatable bonds is 7. The number of thiazole rings is 1. The van der Waals surface area contributed by atoms with Crippen LogP contribution >= 0.6 is 22.9 Å². The van der Waals surface area contributed by atoms with E-state index in [1.54, 1.807) is 23.5 Å². The molecule has 0 saturated carbocycles. The second-order valence-corrected chi connectivity index (χ2v) is 7.33. The highest BCUT2D eigenvalue weighted by atomic mass is 35.5. The molecule has 0 radical (unpaired) electrons. The normalized spacial score (nSPS) is 10.9. The first kappa shape index (κ1) is 19.1. The Balaban J connectivity index is 1.48. The van der Waals surface area contributed by atoms with Gasteiger partial charge < -0.3 is 10.1 Å². The number of benzene rings is 2. The highest BCUT2D eigenvalue weighted by molar-refractivity contribution is 7.09. The predicted molar refractivity (Wildman–Crippen MR) is 110 cm³/mol. The van der Waals surface area contributed by atoms with Crippen molar-refractivity contribution in [1.82, 2.24) is 10.3 Å². The third-order valence-electron chi connectivity index (χ3n) is 3.77. The maximum absolute atomic E-state index is 12.0. The molecule has 0 spiro atoms. The first-order valence-corrected chi connectivity index (χ1v) is 9.69. The van der Waals surface area contributed by atoms with E-state index in [0.29, 0.717) is 18.2 Å². The topological polar surface area (TPSA) is 51.2 Å². The van der Waals surface area contributed by atoms with Crippen molar-refractivity contribution in [2.75, 3.05) is 0 Å². The molecule has 6 heteroatoms. The van der Waals surface area contributed by atoms with Crippen molar-refractivity contribution in [3.63, 3.8) is 0 Å². The van der Waals surface area contributed by atoms with Crippen LogP contribution in [-0.2, 0) is 17.9 Å². The van der Waals surface area contributed by atoms with Crippen LogP contribution in [0.4, 0.5) is 0 Å². The lowest BCUT2D eigenvalue weighted by molar-refractivity contribution is -0.116. The SMILES string of the molecule is Cc1nc(COc2ccc(/C=C/C(=O)NCc3ccccc3Cl)cc2)cs1. The van der Waals surface area contributed by atoms with Crippen LogP contribution in [0.15, 0.2) is 60.0 Å². The summed E-state index contributed by atoms with van der Waals surface area (Å²) in [6.45, 7) is 2.82. The molecule has 138 valence electrons. The Morgan fingerprint density at radius 2 is 2.00 bits per heavy atom. The van der Waals surface area contributed by atoms with Gasteiger partial charge in [-0.05, 0) is 42.3 Å². The summed E-state index contributed by atoms with van der Waals surface area (Å²) in [5, 5.41) is 6.49. The van der Waals surface area contributed by atoms with Crippen LogP contribution < -0.4 is 10.1 Å². The number of nitrogens with zero attached hydrogens (tertiary/aromatic N) is 1. The molecule has 0 bridgehead atoms. The van der Waals surface area contributed by atoms with Gasteiger partial charge in [-0.15, -0.1) is 11.3 Å². The summed E-state index contributed by atoms with van der Waals surface area (Å²) < 4.78 is 5.71. The van der Waals surface area contributed by atoms with Crippen LogP contribution in [0.5, 0.6) is 5.75 Å². The zero-order valence-electron chi connectivity index (χ0n) is 14.8. The number of carbonyl (C=O) groups excluding carboxylic acids is 1. The van der Waals surface area contributed by atoms with E-state index in [2.05, 4.69) is 10.3 Å². The first-order valence-electron chi connectivity index (χ1n) is 8.43. The van der Waals surface area contributed by atoms with Crippen LogP contribution in [0.25, 0.3) is 6.08 Å². The second-order valence-electron chi connectivity index (χ2n) is 5.86. The molecule has 0 fully saturated rings. The van der Waals surface area contributed by atoms with Crippen molar-refractivity contribution in [2.45, 2.75) is 20.1 Å². The Morgan fingerprint density at radius 1 is 1.22 bits per heavy atom. The Labute approximate surface area is 167 Å². The fraction of sp³-hybridized carbons (Fsp3) is 0.143. The van der Waals surface area contributed by atoms with Crippen LogP contribution in [0, 0.1) is 6.92 Å². The Morgan fingerprint density at radius 3 is 2.70 bits per heavy atom. The minimum atomic E-state index is -0.172. The maximum Gasteiger partial charge on any atom is 0.244 e. The monoisotopic (exact) mass is 398 g/mol. The summed E-state index contributed by atoms with van der Waals surface area (Å²) in [6.07, 6.45) is 3.26. The second kappa shape index (κ2) is 9.35. The standard InChI is InChI=1S/C21H19ClN2O2S/c1-15-24-18(14-27-15)13-26-19-9-6-16(7-10-19)8-11-21(25)23-12-17-4-2-3-5-20(17)22/h2-11,14H,12-13H2,1H3,(H,23,25)/b11-8+. The van der Waals surface area contributed by atoms with E-state index < -0.39 is 0 Å². The van der Waals surface area contributed by atoms with Gasteiger partial charge in [0.25, 0.3) is 0 Å². The van der Waals surface area contributed by atoms with Crippen LogP contribution in [0.1, 0.15) is 21.8 Å². The van der Waals surface area contributed by atoms with Crippen LogP contribution in [-0.4, -0.2) is 10.9 Å². The first-order chi connectivity index (χ1) is 13.1. The quantitative estimate of drug-likeness (QED) is 0.569. The molecular formula is C21H19ClN2O2S. The van der Waals surface area contributed by atoms with Crippen molar-refractivity contribution >= 4 is 34.9 Å². The molecule has 1 amide bonds. The van der Waals surface area contributed by atoms with E-state index in [1.165, 1.54) is 6.08 Å². The van der Waals surface area contributed by atoms with Crippen molar-refractivity contribution < 1.29 is 9.53 Å². The fourth-order valence-electron chi connectivity index (χ4n) is 2.36. The van der Waals surface area contributed by atoms with Crippen molar-refractivity contribution in [1.29, 1.82) is 0 Å². The number of halogens is 1. The lowest BCUT2D eigenvalue weighted by Crippen LogP contribution is -2.20. The molecule has 27 heavy (non-hydrogen) atoms. The maximum atomic E-state index is 12.0. The minimum Gasteiger partial charge on any atom is -0.487 e. The molecule has 1 N–H and O–H groups in total. The smallest absolute Gasteiger partial charge is 0.244 e. The molecule has 1 aromatic heterocycles. The van der Waals surface area contributed by atoms with Gasteiger partial charge in [0.1, 0.15) is 12.4 Å². The molecule has 0 saturated heterocycles. The summed E-state index contributed by atoms with van der Waals surface area (Å²) in [6, 6.07) is 15.0. The van der Waals surface area contributed by atoms with E-state index in [-0.39, 0.29) is 5.91 Å². The van der Waals surface area contributed by atoms with Gasteiger partial charge in [0, 0.05) is 23.0 Å². The summed E-state index contributed by atoms with van der Waals surface area (Å²) in [7, 11) is 0. The van der Waals surface area contributed by atoms with Gasteiger partial charge in [0.2, 0.25) is 5.91 Å².